The number of fused-ring (bicyclic) bond motifs is 5. The largest absolute Gasteiger partial charge is 0.477 e. The zero-order valence-electron chi connectivity index (χ0n) is 11.9. The van der Waals surface area contributed by atoms with Crippen molar-refractivity contribution in [3.8, 4) is 0 Å². The quantitative estimate of drug-likeness (QED) is 0.807. The van der Waals surface area contributed by atoms with Gasteiger partial charge in [-0.25, -0.2) is 4.79 Å². The number of aliphatic hydroxyl groups excluding tert-OH is 1. The molecule has 22 heavy (non-hydrogen) atoms. The molecule has 4 atom stereocenters. The zero-order valence-corrected chi connectivity index (χ0v) is 12.7. The zero-order chi connectivity index (χ0) is 15.6. The van der Waals surface area contributed by atoms with E-state index < -0.39 is 18.0 Å². The molecule has 1 aromatic carbocycles. The fourth-order valence-electron chi connectivity index (χ4n) is 3.91. The number of amides is 1. The first-order valence-corrected chi connectivity index (χ1v) is 8.21. The summed E-state index contributed by atoms with van der Waals surface area (Å²) in [7, 11) is 0. The molecule has 0 aromatic heterocycles. The standard InChI is InChI=1S/C16H15NO4S/c1-7(18)11-13-9-6-22-10-5-3-2-4-8(10)12(9)14(16(20)21)17(13)15(11)19/h2-5,7,9,11,13,18H,6H2,1H3,(H,20,21)/t7-,9+,11-,13-/m1/s1. The molecule has 0 radical (unpaired) electrons. The summed E-state index contributed by atoms with van der Waals surface area (Å²) in [4.78, 5) is 26.5. The molecule has 0 unspecified atom stereocenters. The predicted octanol–water partition coefficient (Wildman–Crippen LogP) is 1.43. The van der Waals surface area contributed by atoms with Crippen LogP contribution >= 0.6 is 11.8 Å². The number of thioether (sulfide) groups is 1. The predicted molar refractivity (Wildman–Crippen MR) is 81.0 cm³/mol. The van der Waals surface area contributed by atoms with Gasteiger partial charge in [-0.2, -0.15) is 0 Å². The molecule has 1 aromatic rings. The van der Waals surface area contributed by atoms with Gasteiger partial charge in [-0.15, -0.1) is 11.8 Å². The molecule has 3 aliphatic rings. The molecule has 0 aliphatic carbocycles. The van der Waals surface area contributed by atoms with Crippen LogP contribution in [0.4, 0.5) is 0 Å². The first kappa shape index (κ1) is 13.8. The number of hydrogen-bond donors (Lipinski definition) is 2. The van der Waals surface area contributed by atoms with E-state index in [1.165, 1.54) is 4.90 Å². The number of carboxylic acid groups (broad SMARTS) is 1. The number of carbonyl (C=O) groups excluding carboxylic acids is 1. The van der Waals surface area contributed by atoms with E-state index in [-0.39, 0.29) is 23.6 Å². The number of benzene rings is 1. The van der Waals surface area contributed by atoms with E-state index in [2.05, 4.69) is 0 Å². The Morgan fingerprint density at radius 3 is 2.82 bits per heavy atom. The van der Waals surface area contributed by atoms with Crippen molar-refractivity contribution in [1.82, 2.24) is 4.90 Å². The summed E-state index contributed by atoms with van der Waals surface area (Å²) in [5.74, 6) is -1.13. The van der Waals surface area contributed by atoms with Crippen LogP contribution in [0.15, 0.2) is 34.9 Å². The minimum absolute atomic E-state index is 0.0247. The van der Waals surface area contributed by atoms with Gasteiger partial charge in [0.1, 0.15) is 5.70 Å². The van der Waals surface area contributed by atoms with Crippen LogP contribution in [-0.4, -0.2) is 44.9 Å². The van der Waals surface area contributed by atoms with Gasteiger partial charge in [-0.1, -0.05) is 18.2 Å². The van der Waals surface area contributed by atoms with Crippen molar-refractivity contribution in [3.63, 3.8) is 0 Å². The molecule has 2 N–H and O–H groups in total. The van der Waals surface area contributed by atoms with Crippen LogP contribution in [0.5, 0.6) is 0 Å². The van der Waals surface area contributed by atoms with Crippen LogP contribution < -0.4 is 0 Å². The van der Waals surface area contributed by atoms with E-state index in [0.29, 0.717) is 0 Å². The van der Waals surface area contributed by atoms with Crippen LogP contribution in [0.3, 0.4) is 0 Å². The Balaban J connectivity index is 1.89. The summed E-state index contributed by atoms with van der Waals surface area (Å²) in [5, 5.41) is 19.5. The van der Waals surface area contributed by atoms with Crippen molar-refractivity contribution < 1.29 is 19.8 Å². The Hall–Kier alpha value is -1.79. The summed E-state index contributed by atoms with van der Waals surface area (Å²) in [6.07, 6.45) is -0.759. The second kappa shape index (κ2) is 4.60. The van der Waals surface area contributed by atoms with E-state index in [1.54, 1.807) is 18.7 Å². The fourth-order valence-corrected chi connectivity index (χ4v) is 5.14. The number of carboxylic acids is 1. The van der Waals surface area contributed by atoms with Gasteiger partial charge in [-0.3, -0.25) is 4.79 Å². The lowest BCUT2D eigenvalue weighted by molar-refractivity contribution is -0.163. The van der Waals surface area contributed by atoms with Gasteiger partial charge in [0.15, 0.2) is 0 Å². The maximum absolute atomic E-state index is 12.3. The number of rotatable bonds is 2. The number of hydrogen-bond acceptors (Lipinski definition) is 4. The van der Waals surface area contributed by atoms with E-state index in [4.69, 9.17) is 0 Å². The normalized spacial score (nSPS) is 30.4. The summed E-state index contributed by atoms with van der Waals surface area (Å²) in [6, 6.07) is 7.49. The van der Waals surface area contributed by atoms with Crippen molar-refractivity contribution in [3.05, 3.63) is 35.5 Å². The first-order valence-electron chi connectivity index (χ1n) is 7.23. The van der Waals surface area contributed by atoms with Gasteiger partial charge < -0.3 is 15.1 Å². The lowest BCUT2D eigenvalue weighted by atomic mass is 9.76. The smallest absolute Gasteiger partial charge is 0.352 e. The number of aliphatic carboxylic acids is 1. The molecule has 6 heteroatoms. The average molecular weight is 317 g/mol. The van der Waals surface area contributed by atoms with Crippen LogP contribution in [0.1, 0.15) is 12.5 Å². The van der Waals surface area contributed by atoms with E-state index in [1.807, 2.05) is 24.3 Å². The van der Waals surface area contributed by atoms with Crippen molar-refractivity contribution in [1.29, 1.82) is 0 Å². The lowest BCUT2D eigenvalue weighted by Crippen LogP contribution is -2.64. The van der Waals surface area contributed by atoms with Crippen LogP contribution in [0.2, 0.25) is 0 Å². The van der Waals surface area contributed by atoms with Gasteiger partial charge in [0, 0.05) is 16.6 Å². The minimum Gasteiger partial charge on any atom is -0.477 e. The van der Waals surface area contributed by atoms with Crippen molar-refractivity contribution in [2.45, 2.75) is 24.0 Å². The lowest BCUT2D eigenvalue weighted by Gasteiger charge is -2.47. The average Bonchev–Trinajstić information content (AvgIpc) is 2.78. The van der Waals surface area contributed by atoms with E-state index >= 15 is 0 Å². The maximum Gasteiger partial charge on any atom is 0.352 e. The third-order valence-electron chi connectivity index (χ3n) is 4.79. The molecule has 5 nitrogen and oxygen atoms in total. The molecule has 3 heterocycles. The SMILES string of the molecule is C[C@@H](O)[C@H]1C(=O)N2C(C(=O)O)=C3c4ccccc4SC[C@@H]3[C@H]12. The number of β-lactam (4-membered cyclic amide) rings is 1. The fraction of sp³-hybridized carbons (Fsp3) is 0.375. The van der Waals surface area contributed by atoms with E-state index in [9.17, 15) is 19.8 Å². The minimum atomic E-state index is -1.07. The van der Waals surface area contributed by atoms with Gasteiger partial charge in [0.2, 0.25) is 5.91 Å². The number of nitrogens with zero attached hydrogens (tertiary/aromatic N) is 1. The Labute approximate surface area is 131 Å². The molecule has 0 bridgehead atoms. The Morgan fingerprint density at radius 1 is 1.41 bits per heavy atom. The molecular weight excluding hydrogens is 302 g/mol. The van der Waals surface area contributed by atoms with Crippen molar-refractivity contribution in [2.75, 3.05) is 5.75 Å². The van der Waals surface area contributed by atoms with Gasteiger partial charge in [-0.05, 0) is 24.1 Å². The molecule has 0 spiro atoms. The first-order chi connectivity index (χ1) is 10.5. The Bertz CT molecular complexity index is 727. The molecule has 114 valence electrons. The number of carbonyl (C=O) groups is 2. The van der Waals surface area contributed by atoms with Crippen LogP contribution in [0, 0.1) is 11.8 Å². The summed E-state index contributed by atoms with van der Waals surface area (Å²) in [6.45, 7) is 1.60. The highest BCUT2D eigenvalue weighted by Crippen LogP contribution is 2.55. The van der Waals surface area contributed by atoms with Crippen LogP contribution in [0.25, 0.3) is 5.57 Å². The van der Waals surface area contributed by atoms with Crippen LogP contribution in [-0.2, 0) is 9.59 Å². The summed E-state index contributed by atoms with van der Waals surface area (Å²) >= 11 is 1.69. The highest BCUT2D eigenvalue weighted by molar-refractivity contribution is 7.99. The Kier molecular flexibility index (Phi) is 2.90. The maximum atomic E-state index is 12.3. The van der Waals surface area contributed by atoms with Crippen molar-refractivity contribution in [2.24, 2.45) is 11.8 Å². The topological polar surface area (TPSA) is 77.8 Å². The number of aliphatic hydroxyl groups is 1. The molecule has 1 amide bonds. The van der Waals surface area contributed by atoms with E-state index in [0.717, 1.165) is 21.8 Å². The molecule has 1 saturated heterocycles. The van der Waals surface area contributed by atoms with Gasteiger partial charge in [0.25, 0.3) is 0 Å². The highest BCUT2D eigenvalue weighted by Gasteiger charge is 2.61. The second-order valence-corrected chi connectivity index (χ2v) is 7.01. The molecule has 0 saturated carbocycles. The third kappa shape index (κ3) is 1.59. The molecular formula is C16H15NO4S. The molecule has 3 aliphatic heterocycles. The van der Waals surface area contributed by atoms with Crippen molar-refractivity contribution >= 4 is 29.2 Å². The molecule has 4 rings (SSSR count). The van der Waals surface area contributed by atoms with Gasteiger partial charge in [0.05, 0.1) is 18.1 Å². The summed E-state index contributed by atoms with van der Waals surface area (Å²) in [5.41, 5.74) is 1.76. The highest BCUT2D eigenvalue weighted by atomic mass is 32.2. The third-order valence-corrected chi connectivity index (χ3v) is 5.98. The Morgan fingerprint density at radius 2 is 2.14 bits per heavy atom. The monoisotopic (exact) mass is 317 g/mol. The summed E-state index contributed by atoms with van der Waals surface area (Å²) < 4.78 is 0. The molecule has 1 fully saturated rings. The van der Waals surface area contributed by atoms with Gasteiger partial charge >= 0.3 is 5.97 Å². The second-order valence-electron chi connectivity index (χ2n) is 5.95.